The van der Waals surface area contributed by atoms with E-state index in [0.29, 0.717) is 13.1 Å². The van der Waals surface area contributed by atoms with Gasteiger partial charge in [0.15, 0.2) is 0 Å². The van der Waals surface area contributed by atoms with Gasteiger partial charge in [0.25, 0.3) is 0 Å². The number of carbonyl (C=O) groups is 1. The largest absolute Gasteiger partial charge is 0.480 e. The molecule has 0 aliphatic carbocycles. The van der Waals surface area contributed by atoms with Crippen molar-refractivity contribution < 1.29 is 9.90 Å². The average Bonchev–Trinajstić information content (AvgIpc) is 2.17. The molecule has 0 amide bonds. The lowest BCUT2D eigenvalue weighted by Crippen LogP contribution is -2.41. The molecular formula is C9H21N3O2. The first-order valence-corrected chi connectivity index (χ1v) is 5.00. The summed E-state index contributed by atoms with van der Waals surface area (Å²) in [6, 6.07) is -0.451. The number of carboxylic acid groups (broad SMARTS) is 1. The number of carboxylic acids is 1. The first-order valence-electron chi connectivity index (χ1n) is 5.00. The summed E-state index contributed by atoms with van der Waals surface area (Å²) < 4.78 is 0. The molecule has 0 aliphatic heterocycles. The van der Waals surface area contributed by atoms with Gasteiger partial charge in [-0.05, 0) is 32.9 Å². The van der Waals surface area contributed by atoms with Crippen molar-refractivity contribution >= 4 is 5.97 Å². The van der Waals surface area contributed by atoms with Crippen LogP contribution in [0.25, 0.3) is 0 Å². The second-order valence-electron chi connectivity index (χ2n) is 3.33. The fourth-order valence-corrected chi connectivity index (χ4v) is 1.24. The molecule has 0 aromatic rings. The molecule has 0 aromatic carbocycles. The molecule has 0 fully saturated rings. The monoisotopic (exact) mass is 203 g/mol. The number of rotatable bonds is 8. The normalized spacial score (nSPS) is 13.1. The van der Waals surface area contributed by atoms with E-state index >= 15 is 0 Å². The summed E-state index contributed by atoms with van der Waals surface area (Å²) in [5.41, 5.74) is 10.8. The third-order valence-electron chi connectivity index (χ3n) is 2.20. The van der Waals surface area contributed by atoms with Crippen molar-refractivity contribution in [2.24, 2.45) is 11.5 Å². The summed E-state index contributed by atoms with van der Waals surface area (Å²) in [6.45, 7) is 4.32. The quantitative estimate of drug-likeness (QED) is 0.492. The van der Waals surface area contributed by atoms with Crippen LogP contribution in [0.4, 0.5) is 0 Å². The van der Waals surface area contributed by atoms with E-state index in [2.05, 4.69) is 0 Å². The first kappa shape index (κ1) is 13.4. The molecule has 0 bridgehead atoms. The molecule has 0 radical (unpaired) electrons. The van der Waals surface area contributed by atoms with E-state index in [1.807, 2.05) is 4.90 Å². The average molecular weight is 203 g/mol. The number of hydrogen-bond donors (Lipinski definition) is 3. The van der Waals surface area contributed by atoms with Gasteiger partial charge in [-0.3, -0.25) is 9.69 Å². The predicted octanol–water partition coefficient (Wildman–Crippen LogP) is -0.541. The lowest BCUT2D eigenvalue weighted by Gasteiger charge is -2.25. The van der Waals surface area contributed by atoms with Gasteiger partial charge in [-0.15, -0.1) is 0 Å². The molecular weight excluding hydrogens is 182 g/mol. The van der Waals surface area contributed by atoms with Gasteiger partial charge in [-0.2, -0.15) is 0 Å². The highest BCUT2D eigenvalue weighted by atomic mass is 16.4. The van der Waals surface area contributed by atoms with Crippen molar-refractivity contribution in [3.63, 3.8) is 0 Å². The van der Waals surface area contributed by atoms with E-state index in [1.165, 1.54) is 0 Å². The van der Waals surface area contributed by atoms with Crippen LogP contribution in [-0.2, 0) is 4.79 Å². The van der Waals surface area contributed by atoms with E-state index in [9.17, 15) is 4.79 Å². The van der Waals surface area contributed by atoms with Crippen LogP contribution in [0.3, 0.4) is 0 Å². The smallest absolute Gasteiger partial charge is 0.320 e. The SMILES string of the molecule is C[C@@H](C(=O)O)N(CCCN)CCCN. The standard InChI is InChI=1S/C9H21N3O2/c1-8(9(13)14)12(6-2-4-10)7-3-5-11/h8H,2-7,10-11H2,1H3,(H,13,14)/t8-/m0/s1. The molecule has 14 heavy (non-hydrogen) atoms. The molecule has 0 heterocycles. The van der Waals surface area contributed by atoms with E-state index in [1.54, 1.807) is 6.92 Å². The first-order chi connectivity index (χ1) is 6.63. The van der Waals surface area contributed by atoms with Gasteiger partial charge < -0.3 is 16.6 Å². The highest BCUT2D eigenvalue weighted by Crippen LogP contribution is 2.01. The Hall–Kier alpha value is -0.650. The molecule has 0 saturated heterocycles. The third-order valence-corrected chi connectivity index (χ3v) is 2.20. The maximum atomic E-state index is 10.8. The summed E-state index contributed by atoms with van der Waals surface area (Å²) in [4.78, 5) is 12.7. The second kappa shape index (κ2) is 7.73. The Balaban J connectivity index is 4.01. The zero-order chi connectivity index (χ0) is 11.0. The van der Waals surface area contributed by atoms with Crippen LogP contribution in [0.2, 0.25) is 0 Å². The summed E-state index contributed by atoms with van der Waals surface area (Å²) >= 11 is 0. The number of hydrogen-bond acceptors (Lipinski definition) is 4. The number of nitrogens with two attached hydrogens (primary N) is 2. The van der Waals surface area contributed by atoms with Gasteiger partial charge in [0.2, 0.25) is 0 Å². The van der Waals surface area contributed by atoms with Gasteiger partial charge in [0, 0.05) is 13.1 Å². The Morgan fingerprint density at radius 1 is 1.29 bits per heavy atom. The number of nitrogens with zero attached hydrogens (tertiary/aromatic N) is 1. The van der Waals surface area contributed by atoms with E-state index in [-0.39, 0.29) is 0 Å². The van der Waals surface area contributed by atoms with E-state index in [4.69, 9.17) is 16.6 Å². The van der Waals surface area contributed by atoms with Crippen molar-refractivity contribution in [1.29, 1.82) is 0 Å². The van der Waals surface area contributed by atoms with Crippen molar-refractivity contribution in [2.75, 3.05) is 26.2 Å². The Kier molecular flexibility index (Phi) is 7.37. The summed E-state index contributed by atoms with van der Waals surface area (Å²) in [6.07, 6.45) is 1.64. The zero-order valence-corrected chi connectivity index (χ0v) is 8.78. The molecule has 0 unspecified atom stereocenters. The molecule has 0 spiro atoms. The summed E-state index contributed by atoms with van der Waals surface area (Å²) in [5, 5.41) is 8.85. The fraction of sp³-hybridized carbons (Fsp3) is 0.889. The molecule has 1 atom stereocenters. The topological polar surface area (TPSA) is 92.6 Å². The molecule has 0 saturated carbocycles. The fourth-order valence-electron chi connectivity index (χ4n) is 1.24. The van der Waals surface area contributed by atoms with Crippen LogP contribution in [0.5, 0.6) is 0 Å². The van der Waals surface area contributed by atoms with Crippen LogP contribution in [-0.4, -0.2) is 48.2 Å². The third kappa shape index (κ3) is 5.16. The van der Waals surface area contributed by atoms with Gasteiger partial charge in [0.1, 0.15) is 6.04 Å². The molecule has 5 nitrogen and oxygen atoms in total. The van der Waals surface area contributed by atoms with Gasteiger partial charge >= 0.3 is 5.97 Å². The lowest BCUT2D eigenvalue weighted by atomic mass is 10.2. The molecule has 0 aromatic heterocycles. The minimum absolute atomic E-state index is 0.451. The Morgan fingerprint density at radius 3 is 2.00 bits per heavy atom. The van der Waals surface area contributed by atoms with Crippen molar-refractivity contribution in [3.05, 3.63) is 0 Å². The van der Waals surface area contributed by atoms with Gasteiger partial charge in [-0.1, -0.05) is 0 Å². The predicted molar refractivity (Wildman–Crippen MR) is 56.0 cm³/mol. The summed E-state index contributed by atoms with van der Waals surface area (Å²) in [5.74, 6) is -0.793. The molecule has 0 rings (SSSR count). The Morgan fingerprint density at radius 2 is 1.71 bits per heavy atom. The highest BCUT2D eigenvalue weighted by molar-refractivity contribution is 5.72. The summed E-state index contributed by atoms with van der Waals surface area (Å²) in [7, 11) is 0. The molecule has 0 aliphatic rings. The van der Waals surface area contributed by atoms with Crippen LogP contribution >= 0.6 is 0 Å². The minimum atomic E-state index is -0.793. The minimum Gasteiger partial charge on any atom is -0.480 e. The van der Waals surface area contributed by atoms with Crippen LogP contribution in [0.1, 0.15) is 19.8 Å². The van der Waals surface area contributed by atoms with Gasteiger partial charge in [-0.25, -0.2) is 0 Å². The maximum Gasteiger partial charge on any atom is 0.320 e. The lowest BCUT2D eigenvalue weighted by molar-refractivity contribution is -0.142. The van der Waals surface area contributed by atoms with Crippen molar-refractivity contribution in [3.8, 4) is 0 Å². The molecule has 84 valence electrons. The van der Waals surface area contributed by atoms with Crippen LogP contribution in [0.15, 0.2) is 0 Å². The zero-order valence-electron chi connectivity index (χ0n) is 8.78. The number of aliphatic carboxylic acids is 1. The maximum absolute atomic E-state index is 10.8. The Bertz CT molecular complexity index is 156. The second-order valence-corrected chi connectivity index (χ2v) is 3.33. The van der Waals surface area contributed by atoms with E-state index < -0.39 is 12.0 Å². The van der Waals surface area contributed by atoms with Crippen molar-refractivity contribution in [1.82, 2.24) is 4.90 Å². The highest BCUT2D eigenvalue weighted by Gasteiger charge is 2.18. The Labute approximate surface area is 85.1 Å². The van der Waals surface area contributed by atoms with Crippen molar-refractivity contribution in [2.45, 2.75) is 25.8 Å². The molecule has 5 heteroatoms. The van der Waals surface area contributed by atoms with E-state index in [0.717, 1.165) is 25.9 Å². The van der Waals surface area contributed by atoms with Crippen LogP contribution in [0, 0.1) is 0 Å². The van der Waals surface area contributed by atoms with Crippen LogP contribution < -0.4 is 11.5 Å². The van der Waals surface area contributed by atoms with Gasteiger partial charge in [0.05, 0.1) is 0 Å². The molecule has 5 N–H and O–H groups in total.